The maximum absolute atomic E-state index is 13.5. The van der Waals surface area contributed by atoms with Crippen LogP contribution in [0.2, 0.25) is 0 Å². The van der Waals surface area contributed by atoms with Gasteiger partial charge in [-0.25, -0.2) is 8.78 Å². The van der Waals surface area contributed by atoms with E-state index in [2.05, 4.69) is 10.6 Å². The molecule has 2 aromatic rings. The van der Waals surface area contributed by atoms with Crippen LogP contribution < -0.4 is 16.4 Å². The Kier molecular flexibility index (Phi) is 4.74. The minimum Gasteiger partial charge on any atom is -0.397 e. The number of amides is 1. The van der Waals surface area contributed by atoms with Crippen LogP contribution in [0.15, 0.2) is 24.3 Å². The maximum Gasteiger partial charge on any atom is 0.263 e. The van der Waals surface area contributed by atoms with Crippen LogP contribution in [-0.2, 0) is 6.54 Å². The summed E-state index contributed by atoms with van der Waals surface area (Å²) >= 11 is 1.19. The first-order valence-corrected chi connectivity index (χ1v) is 7.18. The number of thiophene rings is 1. The van der Waals surface area contributed by atoms with Crippen molar-refractivity contribution in [3.63, 3.8) is 0 Å². The summed E-state index contributed by atoms with van der Waals surface area (Å²) in [7, 11) is 0. The van der Waals surface area contributed by atoms with Crippen LogP contribution in [0.1, 0.15) is 22.2 Å². The van der Waals surface area contributed by atoms with Crippen LogP contribution in [0.3, 0.4) is 0 Å². The molecule has 1 aromatic carbocycles. The summed E-state index contributed by atoms with van der Waals surface area (Å²) in [6.07, 6.45) is 0. The number of anilines is 2. The van der Waals surface area contributed by atoms with Gasteiger partial charge < -0.3 is 16.4 Å². The third-order valence-corrected chi connectivity index (χ3v) is 3.88. The molecule has 21 heavy (non-hydrogen) atoms. The number of carbonyl (C=O) groups excluding carboxylic acids is 1. The molecular weight excluding hydrogens is 296 g/mol. The molecule has 0 aliphatic rings. The van der Waals surface area contributed by atoms with Gasteiger partial charge in [0, 0.05) is 24.7 Å². The molecule has 7 heteroatoms. The second kappa shape index (κ2) is 6.53. The highest BCUT2D eigenvalue weighted by Gasteiger charge is 2.14. The summed E-state index contributed by atoms with van der Waals surface area (Å²) in [5, 5.41) is 6.29. The van der Waals surface area contributed by atoms with Crippen molar-refractivity contribution in [3.05, 3.63) is 46.3 Å². The molecule has 0 saturated carbocycles. The van der Waals surface area contributed by atoms with E-state index in [9.17, 15) is 13.6 Å². The molecule has 2 rings (SSSR count). The zero-order valence-electron chi connectivity index (χ0n) is 11.4. The molecule has 0 radical (unpaired) electrons. The lowest BCUT2D eigenvalue weighted by molar-refractivity contribution is 0.0960. The predicted octanol–water partition coefficient (Wildman–Crippen LogP) is 2.97. The van der Waals surface area contributed by atoms with Crippen LogP contribution in [0.4, 0.5) is 19.5 Å². The van der Waals surface area contributed by atoms with Gasteiger partial charge in [0.15, 0.2) is 0 Å². The molecule has 0 bridgehead atoms. The molecule has 0 fully saturated rings. The van der Waals surface area contributed by atoms with Crippen molar-refractivity contribution in [2.45, 2.75) is 13.5 Å². The third kappa shape index (κ3) is 3.69. The Morgan fingerprint density at radius 3 is 2.76 bits per heavy atom. The van der Waals surface area contributed by atoms with Gasteiger partial charge in [-0.3, -0.25) is 4.79 Å². The molecule has 4 N–H and O–H groups in total. The molecule has 1 heterocycles. The predicted molar refractivity (Wildman–Crippen MR) is 80.4 cm³/mol. The highest BCUT2D eigenvalue weighted by atomic mass is 32.1. The lowest BCUT2D eigenvalue weighted by Gasteiger charge is -2.05. The highest BCUT2D eigenvalue weighted by molar-refractivity contribution is 7.18. The van der Waals surface area contributed by atoms with Crippen LogP contribution in [0, 0.1) is 11.6 Å². The first-order valence-electron chi connectivity index (χ1n) is 6.36. The van der Waals surface area contributed by atoms with E-state index < -0.39 is 11.6 Å². The summed E-state index contributed by atoms with van der Waals surface area (Å²) in [4.78, 5) is 12.2. The van der Waals surface area contributed by atoms with E-state index in [1.807, 2.05) is 6.92 Å². The monoisotopic (exact) mass is 311 g/mol. The zero-order chi connectivity index (χ0) is 15.4. The first kappa shape index (κ1) is 15.2. The Labute approximate surface area is 125 Å². The van der Waals surface area contributed by atoms with E-state index in [1.54, 1.807) is 6.07 Å². The zero-order valence-corrected chi connectivity index (χ0v) is 12.2. The fourth-order valence-corrected chi connectivity index (χ4v) is 2.65. The normalized spacial score (nSPS) is 10.4. The molecule has 4 nitrogen and oxygen atoms in total. The third-order valence-electron chi connectivity index (χ3n) is 2.77. The van der Waals surface area contributed by atoms with Crippen molar-refractivity contribution in [1.29, 1.82) is 0 Å². The smallest absolute Gasteiger partial charge is 0.263 e. The molecule has 0 unspecified atom stereocenters. The van der Waals surface area contributed by atoms with Gasteiger partial charge in [0.1, 0.15) is 16.5 Å². The summed E-state index contributed by atoms with van der Waals surface area (Å²) in [5.74, 6) is -1.47. The number of hydrogen-bond donors (Lipinski definition) is 3. The van der Waals surface area contributed by atoms with Crippen molar-refractivity contribution in [2.24, 2.45) is 0 Å². The van der Waals surface area contributed by atoms with Crippen molar-refractivity contribution in [3.8, 4) is 0 Å². The second-order valence-electron chi connectivity index (χ2n) is 4.34. The quantitative estimate of drug-likeness (QED) is 0.795. The minimum atomic E-state index is -0.616. The van der Waals surface area contributed by atoms with Gasteiger partial charge in [0.25, 0.3) is 5.91 Å². The summed E-state index contributed by atoms with van der Waals surface area (Å²) in [6, 6.07) is 5.03. The number of nitrogen functional groups attached to an aromatic ring is 1. The van der Waals surface area contributed by atoms with E-state index in [0.29, 0.717) is 27.7 Å². The lowest BCUT2D eigenvalue weighted by Crippen LogP contribution is -2.22. The van der Waals surface area contributed by atoms with Crippen molar-refractivity contribution < 1.29 is 13.6 Å². The minimum absolute atomic E-state index is 0.181. The van der Waals surface area contributed by atoms with E-state index in [4.69, 9.17) is 5.73 Å². The molecular formula is C14H15F2N3OS. The molecule has 0 aliphatic carbocycles. The van der Waals surface area contributed by atoms with Crippen molar-refractivity contribution in [1.82, 2.24) is 5.32 Å². The van der Waals surface area contributed by atoms with Crippen LogP contribution in [0.25, 0.3) is 0 Å². The van der Waals surface area contributed by atoms with Gasteiger partial charge in [-0.15, -0.1) is 11.3 Å². The standard InChI is InChI=1S/C14H15F2N3OS/c1-2-18-14(20)13-11(17)6-12(21-13)19-7-8-3-4-9(15)5-10(8)16/h3-6,19H,2,7,17H2,1H3,(H,18,20). The van der Waals surface area contributed by atoms with E-state index in [0.717, 1.165) is 6.07 Å². The highest BCUT2D eigenvalue weighted by Crippen LogP contribution is 2.29. The molecule has 1 aromatic heterocycles. The van der Waals surface area contributed by atoms with Crippen LogP contribution in [0.5, 0.6) is 0 Å². The van der Waals surface area contributed by atoms with Gasteiger partial charge >= 0.3 is 0 Å². The summed E-state index contributed by atoms with van der Waals surface area (Å²) < 4.78 is 26.3. The number of nitrogens with one attached hydrogen (secondary N) is 2. The first-order chi connectivity index (χ1) is 10.0. The average molecular weight is 311 g/mol. The summed E-state index contributed by atoms with van der Waals surface area (Å²) in [5.41, 5.74) is 6.48. The molecule has 0 saturated heterocycles. The topological polar surface area (TPSA) is 67.2 Å². The molecule has 0 atom stereocenters. The summed E-state index contributed by atoms with van der Waals surface area (Å²) in [6.45, 7) is 2.51. The number of carbonyl (C=O) groups is 1. The van der Waals surface area contributed by atoms with Crippen LogP contribution in [-0.4, -0.2) is 12.5 Å². The number of nitrogens with two attached hydrogens (primary N) is 1. The fraction of sp³-hybridized carbons (Fsp3) is 0.214. The molecule has 0 spiro atoms. The number of hydrogen-bond acceptors (Lipinski definition) is 4. The van der Waals surface area contributed by atoms with Gasteiger partial charge in [0.2, 0.25) is 0 Å². The van der Waals surface area contributed by atoms with Crippen molar-refractivity contribution in [2.75, 3.05) is 17.6 Å². The van der Waals surface area contributed by atoms with Gasteiger partial charge in [-0.1, -0.05) is 6.07 Å². The lowest BCUT2D eigenvalue weighted by atomic mass is 10.2. The number of benzene rings is 1. The second-order valence-corrected chi connectivity index (χ2v) is 5.40. The molecule has 0 aliphatic heterocycles. The maximum atomic E-state index is 13.5. The molecule has 112 valence electrons. The molecule has 1 amide bonds. The van der Waals surface area contributed by atoms with Crippen molar-refractivity contribution >= 4 is 27.9 Å². The number of rotatable bonds is 5. The Hall–Kier alpha value is -2.15. The van der Waals surface area contributed by atoms with Gasteiger partial charge in [-0.2, -0.15) is 0 Å². The number of halogens is 2. The van der Waals surface area contributed by atoms with Gasteiger partial charge in [0.05, 0.1) is 10.7 Å². The van der Waals surface area contributed by atoms with Crippen LogP contribution >= 0.6 is 11.3 Å². The van der Waals surface area contributed by atoms with E-state index in [-0.39, 0.29) is 12.5 Å². The van der Waals surface area contributed by atoms with E-state index in [1.165, 1.54) is 23.5 Å². The fourth-order valence-electron chi connectivity index (χ4n) is 1.76. The van der Waals surface area contributed by atoms with Gasteiger partial charge in [-0.05, 0) is 19.1 Å². The average Bonchev–Trinajstić information content (AvgIpc) is 2.79. The Morgan fingerprint density at radius 2 is 2.10 bits per heavy atom. The Morgan fingerprint density at radius 1 is 1.33 bits per heavy atom. The Bertz CT molecular complexity index is 658. The largest absolute Gasteiger partial charge is 0.397 e. The van der Waals surface area contributed by atoms with E-state index >= 15 is 0 Å². The Balaban J connectivity index is 2.07. The SMILES string of the molecule is CCNC(=O)c1sc(NCc2ccc(F)cc2F)cc1N.